The molecule has 1 unspecified atom stereocenters. The van der Waals surface area contributed by atoms with Gasteiger partial charge in [0.1, 0.15) is 16.5 Å². The summed E-state index contributed by atoms with van der Waals surface area (Å²) in [5.41, 5.74) is 6.02. The largest absolute Gasteiger partial charge is 0.496 e. The summed E-state index contributed by atoms with van der Waals surface area (Å²) < 4.78 is 41.6. The maximum atomic E-state index is 13.8. The number of nitrogens with two attached hydrogens (primary N) is 1. The Kier molecular flexibility index (Phi) is 5.07. The summed E-state index contributed by atoms with van der Waals surface area (Å²) in [6.45, 7) is 0. The number of carboxylic acid groups (broad SMARTS) is 1. The summed E-state index contributed by atoms with van der Waals surface area (Å²) in [4.78, 5) is 10.0. The van der Waals surface area contributed by atoms with Crippen molar-refractivity contribution in [3.8, 4) is 5.75 Å². The molecule has 0 bridgehead atoms. The number of aliphatic carboxylic acids is 1. The van der Waals surface area contributed by atoms with E-state index in [4.69, 9.17) is 15.6 Å². The van der Waals surface area contributed by atoms with Gasteiger partial charge in [-0.3, -0.25) is 4.79 Å². The van der Waals surface area contributed by atoms with E-state index in [-0.39, 0.29) is 24.2 Å². The molecule has 0 heterocycles. The van der Waals surface area contributed by atoms with E-state index < -0.39 is 32.6 Å². The van der Waals surface area contributed by atoms with E-state index in [1.54, 1.807) is 0 Å². The molecular weight excluding hydrogens is 289 g/mol. The van der Waals surface area contributed by atoms with Crippen LogP contribution in [-0.2, 0) is 14.6 Å². The fourth-order valence-electron chi connectivity index (χ4n) is 1.74. The van der Waals surface area contributed by atoms with Crippen LogP contribution in [0.2, 0.25) is 0 Å². The molecule has 0 saturated heterocycles. The third kappa shape index (κ3) is 3.91. The lowest BCUT2D eigenvalue weighted by molar-refractivity contribution is -0.137. The van der Waals surface area contributed by atoms with Crippen molar-refractivity contribution >= 4 is 15.8 Å². The standard InChI is InChI=1S/C12H16FNO5S/c1-19-10-6-11(20(2,17)18)8(13)5-7(10)9(14)3-4-12(15)16/h5-6,9H,3-4,14H2,1-2H3,(H,15,16). The summed E-state index contributed by atoms with van der Waals surface area (Å²) in [5.74, 6) is -1.84. The van der Waals surface area contributed by atoms with Gasteiger partial charge in [-0.25, -0.2) is 12.8 Å². The predicted molar refractivity (Wildman–Crippen MR) is 69.9 cm³/mol. The quantitative estimate of drug-likeness (QED) is 0.815. The SMILES string of the molecule is COc1cc(S(C)(=O)=O)c(F)cc1C(N)CCC(=O)O. The van der Waals surface area contributed by atoms with Crippen molar-refractivity contribution in [2.24, 2.45) is 5.73 Å². The minimum atomic E-state index is -3.72. The molecule has 6 nitrogen and oxygen atoms in total. The van der Waals surface area contributed by atoms with Crippen molar-refractivity contribution in [1.29, 1.82) is 0 Å². The molecule has 1 atom stereocenters. The molecule has 0 radical (unpaired) electrons. The summed E-state index contributed by atoms with van der Waals surface area (Å²) in [6.07, 6.45) is 0.790. The lowest BCUT2D eigenvalue weighted by Gasteiger charge is -2.16. The minimum absolute atomic E-state index is 0.0867. The Morgan fingerprint density at radius 1 is 1.50 bits per heavy atom. The van der Waals surface area contributed by atoms with E-state index in [0.717, 1.165) is 18.4 Å². The third-order valence-corrected chi connectivity index (χ3v) is 3.86. The van der Waals surface area contributed by atoms with Crippen molar-refractivity contribution in [3.63, 3.8) is 0 Å². The molecule has 0 aliphatic heterocycles. The van der Waals surface area contributed by atoms with Crippen LogP contribution in [0.5, 0.6) is 5.75 Å². The van der Waals surface area contributed by atoms with Gasteiger partial charge in [-0.05, 0) is 12.5 Å². The van der Waals surface area contributed by atoms with Crippen LogP contribution in [0.15, 0.2) is 17.0 Å². The Morgan fingerprint density at radius 3 is 2.55 bits per heavy atom. The van der Waals surface area contributed by atoms with Crippen molar-refractivity contribution in [2.75, 3.05) is 13.4 Å². The lowest BCUT2D eigenvalue weighted by Crippen LogP contribution is -2.15. The number of benzene rings is 1. The predicted octanol–water partition coefficient (Wildman–Crippen LogP) is 1.10. The van der Waals surface area contributed by atoms with Crippen LogP contribution in [0.4, 0.5) is 4.39 Å². The second kappa shape index (κ2) is 6.19. The molecule has 0 aliphatic rings. The number of halogens is 1. The second-order valence-electron chi connectivity index (χ2n) is 4.34. The fourth-order valence-corrected chi connectivity index (χ4v) is 2.47. The minimum Gasteiger partial charge on any atom is -0.496 e. The van der Waals surface area contributed by atoms with Crippen LogP contribution in [0.3, 0.4) is 0 Å². The van der Waals surface area contributed by atoms with Crippen molar-refractivity contribution in [3.05, 3.63) is 23.5 Å². The highest BCUT2D eigenvalue weighted by molar-refractivity contribution is 7.90. The van der Waals surface area contributed by atoms with Gasteiger partial charge in [-0.2, -0.15) is 0 Å². The van der Waals surface area contributed by atoms with Crippen LogP contribution in [0.25, 0.3) is 0 Å². The van der Waals surface area contributed by atoms with E-state index in [1.807, 2.05) is 0 Å². The average molecular weight is 305 g/mol. The van der Waals surface area contributed by atoms with Gasteiger partial charge in [0.2, 0.25) is 0 Å². The molecule has 1 rings (SSSR count). The third-order valence-electron chi connectivity index (χ3n) is 2.75. The first-order valence-corrected chi connectivity index (χ1v) is 7.60. The fraction of sp³-hybridized carbons (Fsp3) is 0.417. The van der Waals surface area contributed by atoms with Gasteiger partial charge in [0.25, 0.3) is 0 Å². The van der Waals surface area contributed by atoms with E-state index in [0.29, 0.717) is 0 Å². The Bertz CT molecular complexity index is 615. The monoisotopic (exact) mass is 305 g/mol. The molecule has 112 valence electrons. The maximum absolute atomic E-state index is 13.8. The van der Waals surface area contributed by atoms with Crippen molar-refractivity contribution in [1.82, 2.24) is 0 Å². The molecule has 0 saturated carbocycles. The number of rotatable bonds is 6. The Balaban J connectivity index is 3.21. The van der Waals surface area contributed by atoms with Gasteiger partial charge in [-0.15, -0.1) is 0 Å². The number of ether oxygens (including phenoxy) is 1. The van der Waals surface area contributed by atoms with Crippen LogP contribution < -0.4 is 10.5 Å². The number of sulfone groups is 1. The number of hydrogen-bond donors (Lipinski definition) is 2. The van der Waals surface area contributed by atoms with Crippen LogP contribution >= 0.6 is 0 Å². The first kappa shape index (κ1) is 16.4. The summed E-state index contributed by atoms with van der Waals surface area (Å²) >= 11 is 0. The van der Waals surface area contributed by atoms with E-state index >= 15 is 0 Å². The lowest BCUT2D eigenvalue weighted by atomic mass is 10.0. The van der Waals surface area contributed by atoms with Gasteiger partial charge in [0, 0.05) is 30.3 Å². The Hall–Kier alpha value is -1.67. The van der Waals surface area contributed by atoms with Crippen molar-refractivity contribution in [2.45, 2.75) is 23.8 Å². The molecule has 3 N–H and O–H groups in total. The average Bonchev–Trinajstić information content (AvgIpc) is 2.34. The summed E-state index contributed by atoms with van der Waals surface area (Å²) in [7, 11) is -2.43. The van der Waals surface area contributed by atoms with Gasteiger partial charge < -0.3 is 15.6 Å². The molecule has 1 aromatic rings. The van der Waals surface area contributed by atoms with E-state index in [1.165, 1.54) is 7.11 Å². The van der Waals surface area contributed by atoms with Gasteiger partial charge in [0.15, 0.2) is 9.84 Å². The number of carboxylic acids is 1. The maximum Gasteiger partial charge on any atom is 0.303 e. The van der Waals surface area contributed by atoms with Gasteiger partial charge >= 0.3 is 5.97 Å². The highest BCUT2D eigenvalue weighted by atomic mass is 32.2. The first-order chi connectivity index (χ1) is 9.16. The molecule has 0 aliphatic carbocycles. The zero-order valence-electron chi connectivity index (χ0n) is 11.1. The smallest absolute Gasteiger partial charge is 0.303 e. The summed E-state index contributed by atoms with van der Waals surface area (Å²) in [6, 6.07) is 1.27. The zero-order chi connectivity index (χ0) is 15.5. The van der Waals surface area contributed by atoms with Crippen LogP contribution in [0, 0.1) is 5.82 Å². The van der Waals surface area contributed by atoms with E-state index in [9.17, 15) is 17.6 Å². The molecule has 8 heteroatoms. The van der Waals surface area contributed by atoms with Gasteiger partial charge in [0.05, 0.1) is 7.11 Å². The molecule has 1 aromatic carbocycles. The normalized spacial score (nSPS) is 13.0. The number of methoxy groups -OCH3 is 1. The van der Waals surface area contributed by atoms with Crippen LogP contribution in [0.1, 0.15) is 24.4 Å². The highest BCUT2D eigenvalue weighted by Gasteiger charge is 2.21. The first-order valence-electron chi connectivity index (χ1n) is 5.71. The molecular formula is C12H16FNO5S. The summed E-state index contributed by atoms with van der Waals surface area (Å²) in [5, 5.41) is 8.60. The molecule has 20 heavy (non-hydrogen) atoms. The van der Waals surface area contributed by atoms with Crippen LogP contribution in [-0.4, -0.2) is 32.9 Å². The Morgan fingerprint density at radius 2 is 2.10 bits per heavy atom. The second-order valence-corrected chi connectivity index (χ2v) is 6.32. The molecule has 0 spiro atoms. The number of hydrogen-bond acceptors (Lipinski definition) is 5. The highest BCUT2D eigenvalue weighted by Crippen LogP contribution is 2.31. The van der Waals surface area contributed by atoms with E-state index in [2.05, 4.69) is 0 Å². The number of carbonyl (C=O) groups is 1. The Labute approximate surface area is 116 Å². The van der Waals surface area contributed by atoms with Gasteiger partial charge in [-0.1, -0.05) is 0 Å². The molecule has 0 amide bonds. The zero-order valence-corrected chi connectivity index (χ0v) is 11.9. The van der Waals surface area contributed by atoms with Crippen molar-refractivity contribution < 1.29 is 27.4 Å². The molecule has 0 fully saturated rings. The topological polar surface area (TPSA) is 107 Å². The molecule has 0 aromatic heterocycles.